The van der Waals surface area contributed by atoms with E-state index in [1.165, 1.54) is 0 Å². The first-order chi connectivity index (χ1) is 14.0. The van der Waals surface area contributed by atoms with Gasteiger partial charge in [-0.05, 0) is 68.3 Å². The van der Waals surface area contributed by atoms with Crippen LogP contribution in [0.2, 0.25) is 5.02 Å². The summed E-state index contributed by atoms with van der Waals surface area (Å²) in [7, 11) is 1.60. The number of carbonyl (C=O) groups excluding carboxylic acids is 2. The van der Waals surface area contributed by atoms with Gasteiger partial charge in [-0.2, -0.15) is 0 Å². The van der Waals surface area contributed by atoms with Crippen molar-refractivity contribution in [3.63, 3.8) is 0 Å². The molecule has 2 fully saturated rings. The summed E-state index contributed by atoms with van der Waals surface area (Å²) in [5, 5.41) is 6.57. The van der Waals surface area contributed by atoms with Crippen LogP contribution in [0.5, 0.6) is 5.75 Å². The summed E-state index contributed by atoms with van der Waals surface area (Å²) in [6.07, 6.45) is 2.68. The second kappa shape index (κ2) is 6.75. The van der Waals surface area contributed by atoms with E-state index in [9.17, 15) is 9.59 Å². The topological polar surface area (TPSA) is 70.7 Å². The van der Waals surface area contributed by atoms with Crippen molar-refractivity contribution in [2.24, 2.45) is 5.92 Å². The van der Waals surface area contributed by atoms with Gasteiger partial charge in [-0.3, -0.25) is 14.5 Å². The van der Waals surface area contributed by atoms with Gasteiger partial charge in [0, 0.05) is 28.0 Å². The van der Waals surface area contributed by atoms with Crippen molar-refractivity contribution < 1.29 is 14.3 Å². The minimum Gasteiger partial charge on any atom is -0.497 e. The van der Waals surface area contributed by atoms with Crippen molar-refractivity contribution in [3.8, 4) is 5.75 Å². The number of anilines is 2. The maximum Gasteiger partial charge on any atom is 0.250 e. The number of fused-ring (bicyclic) bond motifs is 4. The van der Waals surface area contributed by atoms with Gasteiger partial charge in [0.1, 0.15) is 11.3 Å². The van der Waals surface area contributed by atoms with Crippen molar-refractivity contribution in [1.29, 1.82) is 0 Å². The lowest BCUT2D eigenvalue weighted by Gasteiger charge is -2.36. The van der Waals surface area contributed by atoms with Crippen LogP contribution < -0.4 is 15.4 Å². The average molecular weight is 412 g/mol. The molecule has 0 aliphatic carbocycles. The Labute approximate surface area is 174 Å². The van der Waals surface area contributed by atoms with Crippen LogP contribution in [0.25, 0.3) is 0 Å². The van der Waals surface area contributed by atoms with Crippen molar-refractivity contribution in [1.82, 2.24) is 4.90 Å². The van der Waals surface area contributed by atoms with Crippen LogP contribution in [0, 0.1) is 5.92 Å². The lowest BCUT2D eigenvalue weighted by Crippen LogP contribution is -2.53. The van der Waals surface area contributed by atoms with Gasteiger partial charge in [0.05, 0.1) is 13.0 Å². The molecular formula is C22H22ClN3O3. The van der Waals surface area contributed by atoms with E-state index in [1.54, 1.807) is 37.4 Å². The Morgan fingerprint density at radius 2 is 2.07 bits per heavy atom. The second-order valence-electron chi connectivity index (χ2n) is 7.91. The standard InChI is InChI=1S/C22H22ClN3O3/c1-29-16-7-5-14(6-8-16)24-20(27)18-12-15-3-2-10-26(15)22(18)17-11-13(23)4-9-19(17)25-21(22)28/h4-9,11,15,18H,2-3,10,12H2,1H3,(H,24,27)(H,25,28). The predicted molar refractivity (Wildman–Crippen MR) is 111 cm³/mol. The molecule has 2 amide bonds. The Morgan fingerprint density at radius 1 is 1.28 bits per heavy atom. The highest BCUT2D eigenvalue weighted by Gasteiger charge is 2.65. The van der Waals surface area contributed by atoms with Gasteiger partial charge in [0.25, 0.3) is 0 Å². The number of rotatable bonds is 3. The van der Waals surface area contributed by atoms with Gasteiger partial charge in [0.15, 0.2) is 0 Å². The van der Waals surface area contributed by atoms with Crippen LogP contribution in [0.4, 0.5) is 11.4 Å². The van der Waals surface area contributed by atoms with E-state index < -0.39 is 11.5 Å². The lowest BCUT2D eigenvalue weighted by molar-refractivity contribution is -0.135. The molecule has 29 heavy (non-hydrogen) atoms. The molecule has 6 nitrogen and oxygen atoms in total. The summed E-state index contributed by atoms with van der Waals surface area (Å²) in [5.41, 5.74) is 1.24. The fraction of sp³-hybridized carbons (Fsp3) is 0.364. The summed E-state index contributed by atoms with van der Waals surface area (Å²) in [4.78, 5) is 29.0. The Morgan fingerprint density at radius 3 is 2.83 bits per heavy atom. The number of amides is 2. The van der Waals surface area contributed by atoms with E-state index in [-0.39, 0.29) is 17.9 Å². The van der Waals surface area contributed by atoms with Gasteiger partial charge in [-0.25, -0.2) is 0 Å². The molecule has 0 saturated carbocycles. The van der Waals surface area contributed by atoms with Gasteiger partial charge in [0.2, 0.25) is 11.8 Å². The van der Waals surface area contributed by atoms with Crippen LogP contribution in [-0.4, -0.2) is 36.4 Å². The molecule has 7 heteroatoms. The fourth-order valence-electron chi connectivity index (χ4n) is 5.30. The van der Waals surface area contributed by atoms with E-state index in [1.807, 2.05) is 12.1 Å². The summed E-state index contributed by atoms with van der Waals surface area (Å²) < 4.78 is 5.18. The maximum absolute atomic E-state index is 13.4. The number of nitrogens with one attached hydrogen (secondary N) is 2. The predicted octanol–water partition coefficient (Wildman–Crippen LogP) is 3.62. The minimum absolute atomic E-state index is 0.131. The summed E-state index contributed by atoms with van der Waals surface area (Å²) in [6.45, 7) is 0.802. The zero-order valence-corrected chi connectivity index (χ0v) is 16.8. The number of carbonyl (C=O) groups is 2. The van der Waals surface area contributed by atoms with Gasteiger partial charge in [-0.15, -0.1) is 0 Å². The molecule has 0 bridgehead atoms. The number of halogens is 1. The molecule has 3 heterocycles. The van der Waals surface area contributed by atoms with Crippen LogP contribution in [0.3, 0.4) is 0 Å². The van der Waals surface area contributed by atoms with Crippen LogP contribution in [0.1, 0.15) is 24.8 Å². The molecule has 0 aromatic heterocycles. The molecule has 2 N–H and O–H groups in total. The maximum atomic E-state index is 13.4. The normalized spacial score (nSPS) is 27.6. The first-order valence-corrected chi connectivity index (χ1v) is 10.2. The van der Waals surface area contributed by atoms with E-state index in [0.717, 1.165) is 36.4 Å². The highest BCUT2D eigenvalue weighted by molar-refractivity contribution is 6.31. The highest BCUT2D eigenvalue weighted by Crippen LogP contribution is 2.55. The number of benzene rings is 2. The minimum atomic E-state index is -1.00. The van der Waals surface area contributed by atoms with Gasteiger partial charge in [-0.1, -0.05) is 11.6 Å². The molecule has 3 aliphatic rings. The summed E-state index contributed by atoms with van der Waals surface area (Å²) in [5.74, 6) is -0.0454. The Hall–Kier alpha value is -2.57. The number of hydrogen-bond donors (Lipinski definition) is 2. The van der Waals surface area contributed by atoms with Gasteiger partial charge < -0.3 is 15.4 Å². The smallest absolute Gasteiger partial charge is 0.250 e. The third kappa shape index (κ3) is 2.66. The summed E-state index contributed by atoms with van der Waals surface area (Å²) >= 11 is 6.29. The Bertz CT molecular complexity index is 993. The molecule has 0 radical (unpaired) electrons. The zero-order chi connectivity index (χ0) is 20.2. The Balaban J connectivity index is 1.55. The average Bonchev–Trinajstić information content (AvgIpc) is 3.37. The molecule has 2 aromatic carbocycles. The molecular weight excluding hydrogens is 390 g/mol. The van der Waals surface area contributed by atoms with Crippen LogP contribution in [0.15, 0.2) is 42.5 Å². The molecule has 3 aliphatic heterocycles. The molecule has 2 aromatic rings. The Kier molecular flexibility index (Phi) is 4.29. The SMILES string of the molecule is COc1ccc(NC(=O)C2CC3CCCN3C23C(=O)Nc2ccc(Cl)cc23)cc1. The number of methoxy groups -OCH3 is 1. The van der Waals surface area contributed by atoms with Crippen molar-refractivity contribution in [3.05, 3.63) is 53.1 Å². The number of nitrogens with zero attached hydrogens (tertiary/aromatic N) is 1. The van der Waals surface area contributed by atoms with Crippen LogP contribution in [-0.2, 0) is 15.1 Å². The molecule has 5 rings (SSSR count). The largest absolute Gasteiger partial charge is 0.497 e. The lowest BCUT2D eigenvalue weighted by atomic mass is 9.78. The third-order valence-electron chi connectivity index (χ3n) is 6.50. The van der Waals surface area contributed by atoms with Crippen molar-refractivity contribution in [2.45, 2.75) is 30.8 Å². The molecule has 150 valence electrons. The van der Waals surface area contributed by atoms with E-state index in [2.05, 4.69) is 15.5 Å². The molecule has 1 spiro atoms. The molecule has 2 saturated heterocycles. The molecule has 3 atom stereocenters. The number of hydrogen-bond acceptors (Lipinski definition) is 4. The van der Waals surface area contributed by atoms with Crippen LogP contribution >= 0.6 is 11.6 Å². The number of ether oxygens (including phenoxy) is 1. The first-order valence-electron chi connectivity index (χ1n) is 9.87. The zero-order valence-electron chi connectivity index (χ0n) is 16.1. The van der Waals surface area contributed by atoms with Crippen molar-refractivity contribution in [2.75, 3.05) is 24.3 Å². The van der Waals surface area contributed by atoms with E-state index in [0.29, 0.717) is 17.1 Å². The fourth-order valence-corrected chi connectivity index (χ4v) is 5.47. The third-order valence-corrected chi connectivity index (χ3v) is 6.74. The monoisotopic (exact) mass is 411 g/mol. The summed E-state index contributed by atoms with van der Waals surface area (Å²) in [6, 6.07) is 12.9. The van der Waals surface area contributed by atoms with Gasteiger partial charge >= 0.3 is 0 Å². The highest BCUT2D eigenvalue weighted by atomic mass is 35.5. The molecule has 3 unspecified atom stereocenters. The van der Waals surface area contributed by atoms with E-state index in [4.69, 9.17) is 16.3 Å². The van der Waals surface area contributed by atoms with E-state index >= 15 is 0 Å². The second-order valence-corrected chi connectivity index (χ2v) is 8.34. The first kappa shape index (κ1) is 18.5. The quantitative estimate of drug-likeness (QED) is 0.809. The van der Waals surface area contributed by atoms with Crippen molar-refractivity contribution >= 4 is 34.8 Å².